The summed E-state index contributed by atoms with van der Waals surface area (Å²) >= 11 is 0. The van der Waals surface area contributed by atoms with Gasteiger partial charge in [-0.15, -0.1) is 0 Å². The molecule has 0 aliphatic rings. The monoisotopic (exact) mass is 180 g/mol. The summed E-state index contributed by atoms with van der Waals surface area (Å²) in [7, 11) is 0. The molecule has 0 amide bonds. The largest absolute Gasteiger partial charge is 0.446 e. The summed E-state index contributed by atoms with van der Waals surface area (Å²) < 4.78 is 15.1. The maximum absolute atomic E-state index is 5.21. The molecule has 0 saturated heterocycles. The van der Waals surface area contributed by atoms with E-state index in [-0.39, 0.29) is 0 Å². The first-order valence-corrected chi connectivity index (χ1v) is 3.79. The second-order valence-corrected chi connectivity index (χ2v) is 2.34. The Kier molecular flexibility index (Phi) is 2.38. The summed E-state index contributed by atoms with van der Waals surface area (Å²) in [6.45, 7) is 0.658. The van der Waals surface area contributed by atoms with Gasteiger partial charge < -0.3 is 13.6 Å². The fourth-order valence-electron chi connectivity index (χ4n) is 0.874. The SMILES string of the molecule is c1coc(COCc2ncco2)n1. The summed E-state index contributed by atoms with van der Waals surface area (Å²) in [6.07, 6.45) is 6.15. The molecule has 0 fully saturated rings. The minimum atomic E-state index is 0.329. The van der Waals surface area contributed by atoms with Crippen LogP contribution < -0.4 is 0 Å². The minimum absolute atomic E-state index is 0.329. The molecule has 0 bridgehead atoms. The Morgan fingerprint density at radius 1 is 1.00 bits per heavy atom. The van der Waals surface area contributed by atoms with Crippen molar-refractivity contribution in [3.05, 3.63) is 36.7 Å². The maximum atomic E-state index is 5.21. The van der Waals surface area contributed by atoms with Crippen LogP contribution in [0.2, 0.25) is 0 Å². The number of hydrogen-bond donors (Lipinski definition) is 0. The molecule has 0 atom stereocenters. The van der Waals surface area contributed by atoms with Crippen molar-refractivity contribution >= 4 is 0 Å². The molecule has 0 saturated carbocycles. The summed E-state index contributed by atoms with van der Waals surface area (Å²) in [5.74, 6) is 1.10. The van der Waals surface area contributed by atoms with Gasteiger partial charge >= 0.3 is 0 Å². The van der Waals surface area contributed by atoms with E-state index in [1.165, 1.54) is 12.5 Å². The second-order valence-electron chi connectivity index (χ2n) is 2.34. The van der Waals surface area contributed by atoms with Crippen LogP contribution in [0, 0.1) is 0 Å². The Morgan fingerprint density at radius 3 is 1.92 bits per heavy atom. The summed E-state index contributed by atoms with van der Waals surface area (Å²) in [5, 5.41) is 0. The highest BCUT2D eigenvalue weighted by molar-refractivity contribution is 4.78. The second kappa shape index (κ2) is 3.86. The van der Waals surface area contributed by atoms with Gasteiger partial charge in [-0.2, -0.15) is 0 Å². The molecule has 2 rings (SSSR count). The summed E-state index contributed by atoms with van der Waals surface area (Å²) in [5.41, 5.74) is 0. The average Bonchev–Trinajstić information content (AvgIpc) is 2.75. The van der Waals surface area contributed by atoms with Gasteiger partial charge in [0.15, 0.2) is 0 Å². The number of rotatable bonds is 4. The fourth-order valence-corrected chi connectivity index (χ4v) is 0.874. The van der Waals surface area contributed by atoms with E-state index < -0.39 is 0 Å². The van der Waals surface area contributed by atoms with Crippen LogP contribution in [0.5, 0.6) is 0 Å². The molecule has 0 N–H and O–H groups in total. The van der Waals surface area contributed by atoms with Crippen molar-refractivity contribution in [2.24, 2.45) is 0 Å². The van der Waals surface area contributed by atoms with Gasteiger partial charge in [0.25, 0.3) is 0 Å². The fraction of sp³-hybridized carbons (Fsp3) is 0.250. The molecule has 0 unspecified atom stereocenters. The first kappa shape index (κ1) is 8.00. The highest BCUT2D eigenvalue weighted by Gasteiger charge is 2.00. The van der Waals surface area contributed by atoms with Crippen LogP contribution in [-0.4, -0.2) is 9.97 Å². The van der Waals surface area contributed by atoms with Crippen molar-refractivity contribution in [1.82, 2.24) is 9.97 Å². The maximum Gasteiger partial charge on any atom is 0.219 e. The van der Waals surface area contributed by atoms with Gasteiger partial charge in [0.05, 0.1) is 12.4 Å². The Labute approximate surface area is 74.4 Å². The minimum Gasteiger partial charge on any atom is -0.446 e. The molecule has 13 heavy (non-hydrogen) atoms. The zero-order valence-corrected chi connectivity index (χ0v) is 6.84. The zero-order chi connectivity index (χ0) is 8.93. The molecule has 0 aliphatic carbocycles. The van der Waals surface area contributed by atoms with E-state index in [1.54, 1.807) is 12.4 Å². The quantitative estimate of drug-likeness (QED) is 0.711. The van der Waals surface area contributed by atoms with Gasteiger partial charge in [-0.1, -0.05) is 0 Å². The van der Waals surface area contributed by atoms with Crippen LogP contribution in [0.15, 0.2) is 33.8 Å². The molecule has 2 aromatic rings. The molecule has 0 aliphatic heterocycles. The Hall–Kier alpha value is -1.62. The van der Waals surface area contributed by atoms with Gasteiger partial charge in [0.1, 0.15) is 25.7 Å². The zero-order valence-electron chi connectivity index (χ0n) is 6.84. The van der Waals surface area contributed by atoms with E-state index in [9.17, 15) is 0 Å². The lowest BCUT2D eigenvalue weighted by molar-refractivity contribution is 0.0742. The average molecular weight is 180 g/mol. The lowest BCUT2D eigenvalue weighted by atomic mass is 10.6. The van der Waals surface area contributed by atoms with Crippen molar-refractivity contribution in [3.63, 3.8) is 0 Å². The van der Waals surface area contributed by atoms with Crippen LogP contribution in [0.4, 0.5) is 0 Å². The predicted octanol–water partition coefficient (Wildman–Crippen LogP) is 1.38. The topological polar surface area (TPSA) is 61.3 Å². The highest BCUT2D eigenvalue weighted by atomic mass is 16.5. The Balaban J connectivity index is 1.76. The van der Waals surface area contributed by atoms with Gasteiger partial charge in [-0.3, -0.25) is 0 Å². The van der Waals surface area contributed by atoms with E-state index in [0.29, 0.717) is 25.0 Å². The van der Waals surface area contributed by atoms with Crippen molar-refractivity contribution in [2.75, 3.05) is 0 Å². The third-order valence-corrected chi connectivity index (χ3v) is 1.42. The molecule has 5 nitrogen and oxygen atoms in total. The number of oxazole rings is 2. The third-order valence-electron chi connectivity index (χ3n) is 1.42. The first-order valence-electron chi connectivity index (χ1n) is 3.79. The van der Waals surface area contributed by atoms with E-state index in [4.69, 9.17) is 13.6 Å². The number of nitrogens with zero attached hydrogens (tertiary/aromatic N) is 2. The van der Waals surface area contributed by atoms with Crippen molar-refractivity contribution in [1.29, 1.82) is 0 Å². The molecule has 0 radical (unpaired) electrons. The van der Waals surface area contributed by atoms with Gasteiger partial charge in [-0.05, 0) is 0 Å². The van der Waals surface area contributed by atoms with Gasteiger partial charge in [0, 0.05) is 0 Å². The molecule has 5 heteroatoms. The normalized spacial score (nSPS) is 10.5. The predicted molar refractivity (Wildman–Crippen MR) is 41.5 cm³/mol. The number of hydrogen-bond acceptors (Lipinski definition) is 5. The molecule has 2 heterocycles. The van der Waals surface area contributed by atoms with E-state index >= 15 is 0 Å². The molecule has 68 valence electrons. The van der Waals surface area contributed by atoms with E-state index in [0.717, 1.165) is 0 Å². The molecule has 0 aromatic carbocycles. The smallest absolute Gasteiger partial charge is 0.219 e. The van der Waals surface area contributed by atoms with Crippen molar-refractivity contribution in [3.8, 4) is 0 Å². The molecular formula is C8H8N2O3. The number of aromatic nitrogens is 2. The summed E-state index contributed by atoms with van der Waals surface area (Å²) in [6, 6.07) is 0. The lowest BCUT2D eigenvalue weighted by Gasteiger charge is -1.96. The Bertz CT molecular complexity index is 294. The van der Waals surface area contributed by atoms with E-state index in [1.807, 2.05) is 0 Å². The van der Waals surface area contributed by atoms with Crippen LogP contribution in [0.25, 0.3) is 0 Å². The van der Waals surface area contributed by atoms with Crippen LogP contribution >= 0.6 is 0 Å². The third kappa shape index (κ3) is 2.16. The molecule has 2 aromatic heterocycles. The standard InChI is InChI=1S/C8H8N2O3/c1-3-12-7(9-1)5-11-6-8-10-2-4-13-8/h1-4H,5-6H2. The van der Waals surface area contributed by atoms with Crippen LogP contribution in [0.1, 0.15) is 11.8 Å². The highest BCUT2D eigenvalue weighted by Crippen LogP contribution is 2.01. The van der Waals surface area contributed by atoms with Crippen LogP contribution in [0.3, 0.4) is 0 Å². The van der Waals surface area contributed by atoms with Crippen molar-refractivity contribution in [2.45, 2.75) is 13.2 Å². The lowest BCUT2D eigenvalue weighted by Crippen LogP contribution is -1.94. The first-order chi connectivity index (χ1) is 6.45. The summed E-state index contributed by atoms with van der Waals surface area (Å²) in [4.78, 5) is 7.78. The van der Waals surface area contributed by atoms with Crippen LogP contribution in [-0.2, 0) is 18.0 Å². The molecule has 0 spiro atoms. The van der Waals surface area contributed by atoms with Gasteiger partial charge in [-0.25, -0.2) is 9.97 Å². The Morgan fingerprint density at radius 2 is 1.54 bits per heavy atom. The van der Waals surface area contributed by atoms with E-state index in [2.05, 4.69) is 9.97 Å². The van der Waals surface area contributed by atoms with Crippen molar-refractivity contribution < 1.29 is 13.6 Å². The molecular weight excluding hydrogens is 172 g/mol. The number of ether oxygens (including phenoxy) is 1. The van der Waals surface area contributed by atoms with Gasteiger partial charge in [0.2, 0.25) is 11.8 Å².